The van der Waals surface area contributed by atoms with E-state index in [2.05, 4.69) is 5.10 Å². The van der Waals surface area contributed by atoms with Crippen LogP contribution in [-0.4, -0.2) is 55.2 Å². The number of benzene rings is 2. The van der Waals surface area contributed by atoms with Gasteiger partial charge in [0.25, 0.3) is 0 Å². The average molecular weight is 454 g/mol. The van der Waals surface area contributed by atoms with E-state index in [1.807, 2.05) is 43.7 Å². The highest BCUT2D eigenvalue weighted by Gasteiger charge is 2.26. The number of aliphatic hydroxyl groups excluding tert-OH is 1. The van der Waals surface area contributed by atoms with E-state index < -0.39 is 16.1 Å². The molecule has 4 rings (SSSR count). The molecule has 7 nitrogen and oxygen atoms in total. The largest absolute Gasteiger partial charge is 0.384 e. The minimum atomic E-state index is -3.38. The van der Waals surface area contributed by atoms with Crippen molar-refractivity contribution in [3.8, 4) is 11.1 Å². The van der Waals surface area contributed by atoms with E-state index in [-0.39, 0.29) is 4.90 Å². The molecule has 1 aliphatic rings. The molecule has 8 heteroatoms. The van der Waals surface area contributed by atoms with Crippen LogP contribution < -0.4 is 0 Å². The molecule has 0 saturated carbocycles. The fraction of sp³-hybridized carbons (Fsp3) is 0.292. The zero-order valence-corrected chi connectivity index (χ0v) is 19.4. The topological polar surface area (TPSA) is 84.7 Å². The highest BCUT2D eigenvalue weighted by molar-refractivity contribution is 7.90. The fourth-order valence-corrected chi connectivity index (χ4v) is 4.66. The molecule has 0 fully saturated rings. The summed E-state index contributed by atoms with van der Waals surface area (Å²) in [6.45, 7) is 0.513. The number of aromatic nitrogens is 2. The van der Waals surface area contributed by atoms with E-state index in [1.54, 1.807) is 42.1 Å². The molecule has 1 aliphatic heterocycles. The lowest BCUT2D eigenvalue weighted by molar-refractivity contribution is 0.0522. The fourth-order valence-electron chi connectivity index (χ4n) is 4.01. The van der Waals surface area contributed by atoms with Crippen molar-refractivity contribution in [1.82, 2.24) is 14.7 Å². The first-order valence-electron chi connectivity index (χ1n) is 10.3. The van der Waals surface area contributed by atoms with Gasteiger partial charge in [0.05, 0.1) is 17.7 Å². The van der Waals surface area contributed by atoms with Gasteiger partial charge in [0.2, 0.25) is 0 Å². The number of ether oxygens (including phenoxy) is 1. The number of hydrogen-bond acceptors (Lipinski definition) is 6. The van der Waals surface area contributed by atoms with Gasteiger partial charge in [-0.3, -0.25) is 4.68 Å². The van der Waals surface area contributed by atoms with Crippen LogP contribution in [0.4, 0.5) is 0 Å². The summed E-state index contributed by atoms with van der Waals surface area (Å²) in [6.07, 6.45) is 6.66. The molecule has 1 N–H and O–H groups in total. The predicted octanol–water partition coefficient (Wildman–Crippen LogP) is 3.01. The number of fused-ring (bicyclic) bond motifs is 1. The Kier molecular flexibility index (Phi) is 5.94. The van der Waals surface area contributed by atoms with Crippen molar-refractivity contribution in [1.29, 1.82) is 0 Å². The summed E-state index contributed by atoms with van der Waals surface area (Å²) in [5.74, 6) is 0. The molecule has 0 spiro atoms. The summed E-state index contributed by atoms with van der Waals surface area (Å²) in [6, 6.07) is 11.1. The van der Waals surface area contributed by atoms with Crippen molar-refractivity contribution in [3.63, 3.8) is 0 Å². The Morgan fingerprint density at radius 3 is 2.53 bits per heavy atom. The number of sulfone groups is 1. The first-order chi connectivity index (χ1) is 15.2. The van der Waals surface area contributed by atoms with Gasteiger partial charge in [-0.25, -0.2) is 8.42 Å². The molecule has 0 saturated heterocycles. The number of aryl methyl sites for hydroxylation is 1. The van der Waals surface area contributed by atoms with Crippen molar-refractivity contribution in [2.75, 3.05) is 27.0 Å². The normalized spacial score (nSPS) is 16.1. The van der Waals surface area contributed by atoms with Crippen LogP contribution in [0.15, 0.2) is 59.9 Å². The smallest absolute Gasteiger partial charge is 0.175 e. The molecule has 1 atom stereocenters. The van der Waals surface area contributed by atoms with Crippen LogP contribution in [0.25, 0.3) is 16.7 Å². The number of hydrogen-bond donors (Lipinski definition) is 1. The molecule has 0 bridgehead atoms. The standard InChI is InChI=1S/C24H27N3O4S/c1-26-15-23(21-12-19(32(4,29)30)7-5-16(21)9-10-31-3)22-11-17(6-8-20(22)24(26)28)18-13-25-27(2)14-18/h5-8,11-15,24,28H,9-10H2,1-4H3. The maximum atomic E-state index is 12.3. The quantitative estimate of drug-likeness (QED) is 0.618. The molecule has 3 aromatic rings. The van der Waals surface area contributed by atoms with Crippen LogP contribution in [0.1, 0.15) is 28.5 Å². The van der Waals surface area contributed by atoms with Gasteiger partial charge in [-0.2, -0.15) is 5.10 Å². The molecule has 0 radical (unpaired) electrons. The van der Waals surface area contributed by atoms with Crippen molar-refractivity contribution < 1.29 is 18.3 Å². The first-order valence-corrected chi connectivity index (χ1v) is 12.2. The number of rotatable bonds is 6. The van der Waals surface area contributed by atoms with Gasteiger partial charge in [0, 0.05) is 56.6 Å². The van der Waals surface area contributed by atoms with Crippen LogP contribution in [0.3, 0.4) is 0 Å². The zero-order chi connectivity index (χ0) is 23.0. The maximum Gasteiger partial charge on any atom is 0.175 e. The van der Waals surface area contributed by atoms with Crippen molar-refractivity contribution in [3.05, 3.63) is 77.2 Å². The molecule has 1 unspecified atom stereocenters. The lowest BCUT2D eigenvalue weighted by Gasteiger charge is -2.32. The lowest BCUT2D eigenvalue weighted by Crippen LogP contribution is -2.24. The number of aliphatic hydroxyl groups is 1. The number of nitrogens with zero attached hydrogens (tertiary/aromatic N) is 3. The van der Waals surface area contributed by atoms with Gasteiger partial charge in [-0.15, -0.1) is 0 Å². The summed E-state index contributed by atoms with van der Waals surface area (Å²) >= 11 is 0. The summed E-state index contributed by atoms with van der Waals surface area (Å²) in [7, 11) is 1.93. The molecular weight excluding hydrogens is 426 g/mol. The first kappa shape index (κ1) is 22.3. The van der Waals surface area contributed by atoms with E-state index in [0.717, 1.165) is 39.0 Å². The summed E-state index contributed by atoms with van der Waals surface area (Å²) in [4.78, 5) is 1.99. The molecule has 1 aromatic heterocycles. The molecule has 0 amide bonds. The van der Waals surface area contributed by atoms with E-state index in [0.29, 0.717) is 13.0 Å². The Labute approximate surface area is 188 Å². The third-order valence-corrected chi connectivity index (χ3v) is 6.86. The van der Waals surface area contributed by atoms with Gasteiger partial charge in [0.1, 0.15) is 0 Å². The molecule has 32 heavy (non-hydrogen) atoms. The van der Waals surface area contributed by atoms with Crippen LogP contribution in [-0.2, 0) is 28.0 Å². The Hall–Kier alpha value is -2.94. The Morgan fingerprint density at radius 1 is 1.09 bits per heavy atom. The predicted molar refractivity (Wildman–Crippen MR) is 124 cm³/mol. The van der Waals surface area contributed by atoms with Gasteiger partial charge in [-0.05, 0) is 46.9 Å². The van der Waals surface area contributed by atoms with Crippen LogP contribution >= 0.6 is 0 Å². The summed E-state index contributed by atoms with van der Waals surface area (Å²) in [5, 5.41) is 15.1. The van der Waals surface area contributed by atoms with Crippen molar-refractivity contribution >= 4 is 15.4 Å². The monoisotopic (exact) mass is 453 g/mol. The summed E-state index contributed by atoms with van der Waals surface area (Å²) < 4.78 is 31.6. The van der Waals surface area contributed by atoms with Gasteiger partial charge < -0.3 is 14.7 Å². The second kappa shape index (κ2) is 8.54. The average Bonchev–Trinajstić information content (AvgIpc) is 3.20. The van der Waals surface area contributed by atoms with Gasteiger partial charge in [0.15, 0.2) is 16.1 Å². The van der Waals surface area contributed by atoms with E-state index >= 15 is 0 Å². The zero-order valence-electron chi connectivity index (χ0n) is 18.6. The Bertz CT molecular complexity index is 1290. The third-order valence-electron chi connectivity index (χ3n) is 5.75. The second-order valence-electron chi connectivity index (χ2n) is 8.12. The molecule has 2 aromatic carbocycles. The highest BCUT2D eigenvalue weighted by atomic mass is 32.2. The van der Waals surface area contributed by atoms with Gasteiger partial charge >= 0.3 is 0 Å². The lowest BCUT2D eigenvalue weighted by atomic mass is 9.86. The van der Waals surface area contributed by atoms with E-state index in [4.69, 9.17) is 4.74 Å². The third kappa shape index (κ3) is 4.21. The van der Waals surface area contributed by atoms with Crippen LogP contribution in [0, 0.1) is 0 Å². The van der Waals surface area contributed by atoms with Crippen LogP contribution in [0.5, 0.6) is 0 Å². The van der Waals surface area contributed by atoms with Crippen molar-refractivity contribution in [2.24, 2.45) is 7.05 Å². The minimum absolute atomic E-state index is 0.258. The SMILES string of the molecule is COCCc1ccc(S(C)(=O)=O)cc1C1=CN(C)C(O)c2ccc(-c3cnn(C)c3)cc21. The van der Waals surface area contributed by atoms with Crippen LogP contribution in [0.2, 0.25) is 0 Å². The molecule has 2 heterocycles. The van der Waals surface area contributed by atoms with Crippen molar-refractivity contribution in [2.45, 2.75) is 17.5 Å². The van der Waals surface area contributed by atoms with Gasteiger partial charge in [-0.1, -0.05) is 18.2 Å². The minimum Gasteiger partial charge on any atom is -0.384 e. The molecular formula is C24H27N3O4S. The van der Waals surface area contributed by atoms with E-state index in [1.165, 1.54) is 6.26 Å². The second-order valence-corrected chi connectivity index (χ2v) is 10.1. The Morgan fingerprint density at radius 2 is 1.88 bits per heavy atom. The summed E-state index contributed by atoms with van der Waals surface area (Å²) in [5.41, 5.74) is 6.21. The maximum absolute atomic E-state index is 12.3. The molecule has 168 valence electrons. The number of methoxy groups -OCH3 is 1. The van der Waals surface area contributed by atoms with E-state index in [9.17, 15) is 13.5 Å². The highest BCUT2D eigenvalue weighted by Crippen LogP contribution is 2.40. The molecule has 0 aliphatic carbocycles. The Balaban J connectivity index is 1.93.